The lowest BCUT2D eigenvalue weighted by atomic mass is 10.1. The summed E-state index contributed by atoms with van der Waals surface area (Å²) in [5.41, 5.74) is 0.462. The maximum atomic E-state index is 11.8. The number of benzene rings is 2. The fourth-order valence-corrected chi connectivity index (χ4v) is 2.29. The van der Waals surface area contributed by atoms with Gasteiger partial charge in [-0.15, -0.1) is 11.8 Å². The molecule has 0 aliphatic rings. The number of ketones is 1. The van der Waals surface area contributed by atoms with Crippen LogP contribution in [-0.4, -0.2) is 19.1 Å². The van der Waals surface area contributed by atoms with Crippen molar-refractivity contribution in [2.45, 2.75) is 11.8 Å². The number of hydrogen-bond donors (Lipinski definition) is 0. The molecular formula is C16H16O3S. The number of Topliss-reactive ketones (excluding diaryl/α,β-unsaturated/α-hetero) is 1. The van der Waals surface area contributed by atoms with E-state index in [1.165, 1.54) is 6.92 Å². The molecule has 0 saturated carbocycles. The first-order valence-corrected chi connectivity index (χ1v) is 7.38. The molecule has 2 aromatic carbocycles. The Morgan fingerprint density at radius 3 is 2.25 bits per heavy atom. The zero-order valence-electron chi connectivity index (χ0n) is 11.7. The molecule has 104 valence electrons. The van der Waals surface area contributed by atoms with Crippen LogP contribution in [0.5, 0.6) is 17.2 Å². The van der Waals surface area contributed by atoms with E-state index in [1.54, 1.807) is 37.1 Å². The molecule has 4 heteroatoms. The number of carbonyl (C=O) groups is 1. The first-order chi connectivity index (χ1) is 9.65. The first kappa shape index (κ1) is 14.5. The third-order valence-corrected chi connectivity index (χ3v) is 3.59. The summed E-state index contributed by atoms with van der Waals surface area (Å²) >= 11 is 1.67. The predicted molar refractivity (Wildman–Crippen MR) is 81.3 cm³/mol. The third-order valence-electron chi connectivity index (χ3n) is 2.85. The maximum Gasteiger partial charge on any atom is 0.167 e. The maximum absolute atomic E-state index is 11.8. The molecule has 0 heterocycles. The van der Waals surface area contributed by atoms with Crippen molar-refractivity contribution in [2.75, 3.05) is 13.4 Å². The number of ether oxygens (including phenoxy) is 2. The molecule has 0 aromatic heterocycles. The number of hydrogen-bond acceptors (Lipinski definition) is 4. The summed E-state index contributed by atoms with van der Waals surface area (Å²) in [6.45, 7) is 1.50. The molecule has 0 radical (unpaired) electrons. The van der Waals surface area contributed by atoms with Crippen molar-refractivity contribution < 1.29 is 14.3 Å². The first-order valence-electron chi connectivity index (χ1n) is 6.15. The Kier molecular flexibility index (Phi) is 4.69. The lowest BCUT2D eigenvalue weighted by molar-refractivity contribution is 0.101. The van der Waals surface area contributed by atoms with Crippen molar-refractivity contribution in [2.24, 2.45) is 0 Å². The smallest absolute Gasteiger partial charge is 0.167 e. The van der Waals surface area contributed by atoms with Crippen LogP contribution in [-0.2, 0) is 0 Å². The van der Waals surface area contributed by atoms with Crippen molar-refractivity contribution in [3.05, 3.63) is 48.0 Å². The predicted octanol–water partition coefficient (Wildman–Crippen LogP) is 4.41. The van der Waals surface area contributed by atoms with Gasteiger partial charge in [-0.25, -0.2) is 0 Å². The quantitative estimate of drug-likeness (QED) is 0.603. The highest BCUT2D eigenvalue weighted by Gasteiger charge is 2.15. The monoisotopic (exact) mass is 288 g/mol. The van der Waals surface area contributed by atoms with Crippen LogP contribution in [0.3, 0.4) is 0 Å². The van der Waals surface area contributed by atoms with Gasteiger partial charge in [-0.1, -0.05) is 6.07 Å². The molecule has 0 aliphatic heterocycles. The van der Waals surface area contributed by atoms with Crippen LogP contribution >= 0.6 is 11.8 Å². The highest BCUT2D eigenvalue weighted by molar-refractivity contribution is 7.98. The van der Waals surface area contributed by atoms with Crippen LogP contribution in [0.4, 0.5) is 0 Å². The topological polar surface area (TPSA) is 35.5 Å². The van der Waals surface area contributed by atoms with E-state index in [9.17, 15) is 4.79 Å². The number of thioether (sulfide) groups is 1. The highest BCUT2D eigenvalue weighted by atomic mass is 32.2. The average molecular weight is 288 g/mol. The molecule has 0 fully saturated rings. The van der Waals surface area contributed by atoms with E-state index in [0.29, 0.717) is 22.8 Å². The Hall–Kier alpha value is -1.94. The molecule has 0 atom stereocenters. The summed E-state index contributed by atoms with van der Waals surface area (Å²) in [5.74, 6) is 1.64. The standard InChI is InChI=1S/C16H16O3S/c1-11(17)16-14(18-2)5-4-6-15(16)19-12-7-9-13(20-3)10-8-12/h4-10H,1-3H3. The normalized spacial score (nSPS) is 10.2. The zero-order valence-corrected chi connectivity index (χ0v) is 12.5. The Bertz CT molecular complexity index is 606. The summed E-state index contributed by atoms with van der Waals surface area (Å²) in [5, 5.41) is 0. The average Bonchev–Trinajstić information content (AvgIpc) is 2.47. The Morgan fingerprint density at radius 2 is 1.70 bits per heavy atom. The Labute approximate surface area is 122 Å². The molecule has 2 aromatic rings. The van der Waals surface area contributed by atoms with Gasteiger partial charge in [0.2, 0.25) is 0 Å². The van der Waals surface area contributed by atoms with Gasteiger partial charge in [0.25, 0.3) is 0 Å². The summed E-state index contributed by atoms with van der Waals surface area (Å²) < 4.78 is 11.0. The van der Waals surface area contributed by atoms with E-state index in [-0.39, 0.29) is 5.78 Å². The van der Waals surface area contributed by atoms with E-state index < -0.39 is 0 Å². The number of carbonyl (C=O) groups excluding carboxylic acids is 1. The second-order valence-electron chi connectivity index (χ2n) is 4.17. The van der Waals surface area contributed by atoms with Crippen LogP contribution in [0.1, 0.15) is 17.3 Å². The Morgan fingerprint density at radius 1 is 1.05 bits per heavy atom. The summed E-state index contributed by atoms with van der Waals surface area (Å²) in [7, 11) is 1.54. The molecule has 2 rings (SSSR count). The molecule has 0 spiro atoms. The lowest BCUT2D eigenvalue weighted by Crippen LogP contribution is -2.00. The van der Waals surface area contributed by atoms with Gasteiger partial charge in [-0.3, -0.25) is 4.79 Å². The molecule has 20 heavy (non-hydrogen) atoms. The van der Waals surface area contributed by atoms with E-state index in [4.69, 9.17) is 9.47 Å². The van der Waals surface area contributed by atoms with Gasteiger partial charge in [-0.2, -0.15) is 0 Å². The number of rotatable bonds is 5. The van der Waals surface area contributed by atoms with Gasteiger partial charge < -0.3 is 9.47 Å². The zero-order chi connectivity index (χ0) is 14.5. The van der Waals surface area contributed by atoms with Gasteiger partial charge in [-0.05, 0) is 49.6 Å². The van der Waals surface area contributed by atoms with Crippen LogP contribution in [0.25, 0.3) is 0 Å². The minimum Gasteiger partial charge on any atom is -0.496 e. The van der Waals surface area contributed by atoms with E-state index in [0.717, 1.165) is 4.90 Å². The van der Waals surface area contributed by atoms with E-state index in [1.807, 2.05) is 30.5 Å². The summed E-state index contributed by atoms with van der Waals surface area (Å²) in [6, 6.07) is 13.0. The molecule has 0 bridgehead atoms. The second kappa shape index (κ2) is 6.48. The van der Waals surface area contributed by atoms with Crippen molar-refractivity contribution in [3.8, 4) is 17.2 Å². The molecule has 0 saturated heterocycles. The van der Waals surface area contributed by atoms with Gasteiger partial charge >= 0.3 is 0 Å². The molecule has 0 amide bonds. The molecule has 0 unspecified atom stereocenters. The van der Waals surface area contributed by atoms with Crippen LogP contribution < -0.4 is 9.47 Å². The van der Waals surface area contributed by atoms with Gasteiger partial charge in [0.05, 0.1) is 7.11 Å². The molecule has 0 aliphatic carbocycles. The van der Waals surface area contributed by atoms with E-state index in [2.05, 4.69) is 0 Å². The number of methoxy groups -OCH3 is 1. The molecule has 3 nitrogen and oxygen atoms in total. The van der Waals surface area contributed by atoms with Crippen molar-refractivity contribution in [1.82, 2.24) is 0 Å². The minimum atomic E-state index is -0.0850. The van der Waals surface area contributed by atoms with Crippen molar-refractivity contribution in [1.29, 1.82) is 0 Å². The largest absolute Gasteiger partial charge is 0.496 e. The van der Waals surface area contributed by atoms with Crippen LogP contribution in [0, 0.1) is 0 Å². The third kappa shape index (κ3) is 3.14. The van der Waals surface area contributed by atoms with Crippen molar-refractivity contribution >= 4 is 17.5 Å². The second-order valence-corrected chi connectivity index (χ2v) is 5.05. The lowest BCUT2D eigenvalue weighted by Gasteiger charge is -2.12. The van der Waals surface area contributed by atoms with E-state index >= 15 is 0 Å². The highest BCUT2D eigenvalue weighted by Crippen LogP contribution is 2.32. The molecular weight excluding hydrogens is 272 g/mol. The van der Waals surface area contributed by atoms with Gasteiger partial charge in [0.1, 0.15) is 22.8 Å². The van der Waals surface area contributed by atoms with Gasteiger partial charge in [0.15, 0.2) is 5.78 Å². The van der Waals surface area contributed by atoms with Gasteiger partial charge in [0, 0.05) is 4.90 Å². The minimum absolute atomic E-state index is 0.0850. The Balaban J connectivity index is 2.34. The molecule has 0 N–H and O–H groups in total. The summed E-state index contributed by atoms with van der Waals surface area (Å²) in [4.78, 5) is 12.9. The SMILES string of the molecule is COc1cccc(Oc2ccc(SC)cc2)c1C(C)=O. The van der Waals surface area contributed by atoms with Crippen LogP contribution in [0.2, 0.25) is 0 Å². The fraction of sp³-hybridized carbons (Fsp3) is 0.188. The van der Waals surface area contributed by atoms with Crippen LogP contribution in [0.15, 0.2) is 47.4 Å². The summed E-state index contributed by atoms with van der Waals surface area (Å²) in [6.07, 6.45) is 2.02. The fourth-order valence-electron chi connectivity index (χ4n) is 1.88. The van der Waals surface area contributed by atoms with Crippen molar-refractivity contribution in [3.63, 3.8) is 0 Å².